The van der Waals surface area contributed by atoms with Crippen molar-refractivity contribution >= 4 is 24.4 Å². The highest BCUT2D eigenvalue weighted by Crippen LogP contribution is 2.16. The van der Waals surface area contributed by atoms with E-state index in [4.69, 9.17) is 14.8 Å². The number of piperazine rings is 1. The largest absolute Gasteiger partial charge is 0.488 e. The third-order valence-electron chi connectivity index (χ3n) is 4.30. The third kappa shape index (κ3) is 4.52. The van der Waals surface area contributed by atoms with Crippen LogP contribution in [-0.2, 0) is 11.3 Å². The molecule has 1 aliphatic rings. The fraction of sp³-hybridized carbons (Fsp3) is 0.278. The number of rotatable bonds is 4. The summed E-state index contributed by atoms with van der Waals surface area (Å²) in [6.07, 6.45) is -0.290. The monoisotopic (exact) mass is 340 g/mol. The third-order valence-corrected chi connectivity index (χ3v) is 4.30. The summed E-state index contributed by atoms with van der Waals surface area (Å²) in [5, 5.41) is 18.3. The first-order chi connectivity index (χ1) is 12.1. The van der Waals surface area contributed by atoms with E-state index in [1.807, 2.05) is 42.5 Å². The molecule has 0 bridgehead atoms. The van der Waals surface area contributed by atoms with Crippen LogP contribution in [0.4, 0.5) is 10.5 Å². The number of carbonyl (C=O) groups excluding carboxylic acids is 1. The zero-order valence-electron chi connectivity index (χ0n) is 13.9. The molecule has 0 atom stereocenters. The summed E-state index contributed by atoms with van der Waals surface area (Å²) in [5.41, 5.74) is 2.44. The predicted octanol–water partition coefficient (Wildman–Crippen LogP) is 0.825. The molecular formula is C18H21BN2O4. The summed E-state index contributed by atoms with van der Waals surface area (Å²) < 4.78 is 5.36. The molecule has 0 spiro atoms. The standard InChI is InChI=1S/C18H21BN2O4/c22-18(25-14-15-4-2-1-3-5-15)21-12-10-20(11-13-21)17-8-6-16(7-9-17)19(23)24/h1-9,23-24H,10-14H2. The van der Waals surface area contributed by atoms with E-state index in [0.717, 1.165) is 11.3 Å². The molecule has 0 saturated carbocycles. The SMILES string of the molecule is O=C(OCc1ccccc1)N1CCN(c2ccc(B(O)O)cc2)CC1. The van der Waals surface area contributed by atoms with Crippen molar-refractivity contribution < 1.29 is 19.6 Å². The number of nitrogens with zero attached hydrogens (tertiary/aromatic N) is 2. The van der Waals surface area contributed by atoms with Gasteiger partial charge in [0.25, 0.3) is 0 Å². The summed E-state index contributed by atoms with van der Waals surface area (Å²) in [6.45, 7) is 2.89. The minimum absolute atomic E-state index is 0.283. The molecule has 1 heterocycles. The van der Waals surface area contributed by atoms with E-state index in [0.29, 0.717) is 31.6 Å². The maximum atomic E-state index is 12.2. The van der Waals surface area contributed by atoms with Crippen molar-refractivity contribution in [1.29, 1.82) is 0 Å². The van der Waals surface area contributed by atoms with Crippen LogP contribution in [0.3, 0.4) is 0 Å². The molecule has 1 fully saturated rings. The molecule has 25 heavy (non-hydrogen) atoms. The topological polar surface area (TPSA) is 73.2 Å². The number of carbonyl (C=O) groups is 1. The second-order valence-corrected chi connectivity index (χ2v) is 5.98. The van der Waals surface area contributed by atoms with E-state index in [9.17, 15) is 4.79 Å². The molecule has 2 aromatic rings. The van der Waals surface area contributed by atoms with Gasteiger partial charge in [-0.25, -0.2) is 4.79 Å². The molecule has 0 radical (unpaired) electrons. The Morgan fingerprint density at radius 2 is 1.60 bits per heavy atom. The molecule has 0 unspecified atom stereocenters. The normalized spacial score (nSPS) is 14.3. The van der Waals surface area contributed by atoms with Gasteiger partial charge in [0.1, 0.15) is 6.61 Å². The van der Waals surface area contributed by atoms with Crippen molar-refractivity contribution in [2.24, 2.45) is 0 Å². The van der Waals surface area contributed by atoms with Crippen molar-refractivity contribution in [3.63, 3.8) is 0 Å². The van der Waals surface area contributed by atoms with Gasteiger partial charge in [0.05, 0.1) is 0 Å². The quantitative estimate of drug-likeness (QED) is 0.807. The van der Waals surface area contributed by atoms with Crippen LogP contribution in [0.2, 0.25) is 0 Å². The summed E-state index contributed by atoms with van der Waals surface area (Å²) >= 11 is 0. The van der Waals surface area contributed by atoms with Crippen LogP contribution in [0.15, 0.2) is 54.6 Å². The van der Waals surface area contributed by atoms with Crippen molar-refractivity contribution in [3.8, 4) is 0 Å². The van der Waals surface area contributed by atoms with Gasteiger partial charge in [0.2, 0.25) is 0 Å². The lowest BCUT2D eigenvalue weighted by atomic mass is 9.80. The van der Waals surface area contributed by atoms with Gasteiger partial charge in [-0.1, -0.05) is 42.5 Å². The van der Waals surface area contributed by atoms with Crippen LogP contribution in [-0.4, -0.2) is 54.3 Å². The highest BCUT2D eigenvalue weighted by molar-refractivity contribution is 6.58. The van der Waals surface area contributed by atoms with E-state index < -0.39 is 7.12 Å². The molecule has 130 valence electrons. The van der Waals surface area contributed by atoms with Gasteiger partial charge in [-0.05, 0) is 23.2 Å². The molecule has 2 aromatic carbocycles. The highest BCUT2D eigenvalue weighted by atomic mass is 16.6. The molecular weight excluding hydrogens is 319 g/mol. The number of ether oxygens (including phenoxy) is 1. The molecule has 1 aliphatic heterocycles. The zero-order valence-corrected chi connectivity index (χ0v) is 13.9. The smallest absolute Gasteiger partial charge is 0.445 e. The highest BCUT2D eigenvalue weighted by Gasteiger charge is 2.22. The first-order valence-electron chi connectivity index (χ1n) is 8.30. The first kappa shape index (κ1) is 17.3. The number of amides is 1. The summed E-state index contributed by atoms with van der Waals surface area (Å²) in [7, 11) is -1.45. The first-order valence-corrected chi connectivity index (χ1v) is 8.30. The molecule has 0 aromatic heterocycles. The number of benzene rings is 2. The Bertz CT molecular complexity index is 686. The van der Waals surface area contributed by atoms with Crippen molar-refractivity contribution in [1.82, 2.24) is 4.90 Å². The van der Waals surface area contributed by atoms with Crippen LogP contribution in [0.1, 0.15) is 5.56 Å². The van der Waals surface area contributed by atoms with Crippen molar-refractivity contribution in [2.45, 2.75) is 6.61 Å². The maximum Gasteiger partial charge on any atom is 0.488 e. The van der Waals surface area contributed by atoms with E-state index in [2.05, 4.69) is 4.90 Å². The van der Waals surface area contributed by atoms with Gasteiger partial charge < -0.3 is 24.6 Å². The Kier molecular flexibility index (Phi) is 5.58. The molecule has 2 N–H and O–H groups in total. The lowest BCUT2D eigenvalue weighted by molar-refractivity contribution is 0.0942. The van der Waals surface area contributed by atoms with E-state index in [-0.39, 0.29) is 12.7 Å². The average molecular weight is 340 g/mol. The fourth-order valence-corrected chi connectivity index (χ4v) is 2.82. The second kappa shape index (κ2) is 8.05. The lowest BCUT2D eigenvalue weighted by Gasteiger charge is -2.35. The minimum Gasteiger partial charge on any atom is -0.445 e. The average Bonchev–Trinajstić information content (AvgIpc) is 2.67. The number of anilines is 1. The number of hydrogen-bond acceptors (Lipinski definition) is 5. The van der Waals surface area contributed by atoms with Gasteiger partial charge in [-0.3, -0.25) is 0 Å². The van der Waals surface area contributed by atoms with Gasteiger partial charge in [-0.2, -0.15) is 0 Å². The molecule has 6 nitrogen and oxygen atoms in total. The Morgan fingerprint density at radius 3 is 2.20 bits per heavy atom. The van der Waals surface area contributed by atoms with E-state index in [1.54, 1.807) is 17.0 Å². The van der Waals surface area contributed by atoms with Gasteiger partial charge in [0, 0.05) is 31.9 Å². The summed E-state index contributed by atoms with van der Waals surface area (Å²) in [5.74, 6) is 0. The van der Waals surface area contributed by atoms with Crippen molar-refractivity contribution in [3.05, 3.63) is 60.2 Å². The van der Waals surface area contributed by atoms with Crippen LogP contribution in [0.5, 0.6) is 0 Å². The summed E-state index contributed by atoms with van der Waals surface area (Å²) in [4.78, 5) is 16.0. The van der Waals surface area contributed by atoms with Crippen LogP contribution < -0.4 is 10.4 Å². The van der Waals surface area contributed by atoms with Gasteiger partial charge >= 0.3 is 13.2 Å². The molecule has 3 rings (SSSR count). The summed E-state index contributed by atoms with van der Waals surface area (Å²) in [6, 6.07) is 16.7. The molecule has 0 aliphatic carbocycles. The fourth-order valence-electron chi connectivity index (χ4n) is 2.82. The Morgan fingerprint density at radius 1 is 0.960 bits per heavy atom. The van der Waals surface area contributed by atoms with E-state index in [1.165, 1.54) is 0 Å². The van der Waals surface area contributed by atoms with Gasteiger partial charge in [-0.15, -0.1) is 0 Å². The van der Waals surface area contributed by atoms with E-state index >= 15 is 0 Å². The second-order valence-electron chi connectivity index (χ2n) is 5.98. The van der Waals surface area contributed by atoms with Crippen molar-refractivity contribution in [2.75, 3.05) is 31.1 Å². The van der Waals surface area contributed by atoms with Crippen LogP contribution >= 0.6 is 0 Å². The Balaban J connectivity index is 1.48. The maximum absolute atomic E-state index is 12.2. The van der Waals surface area contributed by atoms with Crippen LogP contribution in [0.25, 0.3) is 0 Å². The molecule has 1 saturated heterocycles. The Labute approximate surface area is 147 Å². The number of hydrogen-bond donors (Lipinski definition) is 2. The minimum atomic E-state index is -1.45. The lowest BCUT2D eigenvalue weighted by Crippen LogP contribution is -2.49. The molecule has 1 amide bonds. The zero-order chi connectivity index (χ0) is 17.6. The van der Waals surface area contributed by atoms with Crippen LogP contribution in [0, 0.1) is 0 Å². The Hall–Kier alpha value is -2.51. The van der Waals surface area contributed by atoms with Gasteiger partial charge in [0.15, 0.2) is 0 Å². The molecule has 7 heteroatoms. The predicted molar refractivity (Wildman–Crippen MR) is 96.7 cm³/mol.